The Morgan fingerprint density at radius 2 is 1.73 bits per heavy atom. The Labute approximate surface area is 213 Å². The van der Waals surface area contributed by atoms with Gasteiger partial charge in [-0.15, -0.1) is 24.8 Å². The van der Waals surface area contributed by atoms with E-state index < -0.39 is 6.09 Å². The van der Waals surface area contributed by atoms with Crippen LogP contribution in [0.5, 0.6) is 5.75 Å². The SMILES string of the molecule is CCCCCCOc1ccccc1NC(=O)OC(CN(CC)CC)CN1CCCCC1.Cl.Cl. The number of ether oxygens (including phenoxy) is 2. The van der Waals surface area contributed by atoms with Crippen molar-refractivity contribution in [3.63, 3.8) is 0 Å². The molecule has 0 radical (unpaired) electrons. The van der Waals surface area contributed by atoms with Crippen LogP contribution in [0.15, 0.2) is 24.3 Å². The van der Waals surface area contributed by atoms with Gasteiger partial charge in [0.15, 0.2) is 0 Å². The molecule has 1 aromatic rings. The second-order valence-electron chi connectivity index (χ2n) is 8.40. The first-order chi connectivity index (χ1) is 15.2. The Bertz CT molecular complexity index is 627. The number of unbranched alkanes of at least 4 members (excludes halogenated alkanes) is 3. The number of hydrogen-bond acceptors (Lipinski definition) is 5. The van der Waals surface area contributed by atoms with Gasteiger partial charge in [-0.25, -0.2) is 4.79 Å². The number of carbonyl (C=O) groups is 1. The summed E-state index contributed by atoms with van der Waals surface area (Å²) in [6.45, 7) is 12.8. The molecular formula is C25H45Cl2N3O3. The number of amides is 1. The molecule has 1 heterocycles. The molecule has 1 aliphatic heterocycles. The highest BCUT2D eigenvalue weighted by atomic mass is 35.5. The molecule has 1 amide bonds. The number of likely N-dealkylation sites (tertiary alicyclic amines) is 1. The molecule has 1 unspecified atom stereocenters. The van der Waals surface area contributed by atoms with Crippen LogP contribution in [0.1, 0.15) is 65.7 Å². The van der Waals surface area contributed by atoms with Gasteiger partial charge < -0.3 is 14.4 Å². The predicted molar refractivity (Wildman–Crippen MR) is 143 cm³/mol. The number of halogens is 2. The maximum absolute atomic E-state index is 12.8. The summed E-state index contributed by atoms with van der Waals surface area (Å²) in [5.41, 5.74) is 0.669. The quantitative estimate of drug-likeness (QED) is 0.303. The van der Waals surface area contributed by atoms with Gasteiger partial charge in [0.25, 0.3) is 0 Å². The minimum atomic E-state index is -0.406. The van der Waals surface area contributed by atoms with Crippen LogP contribution < -0.4 is 10.1 Å². The molecule has 1 saturated heterocycles. The third kappa shape index (κ3) is 12.7. The summed E-state index contributed by atoms with van der Waals surface area (Å²) in [6.07, 6.45) is 7.81. The maximum atomic E-state index is 12.8. The summed E-state index contributed by atoms with van der Waals surface area (Å²) in [7, 11) is 0. The third-order valence-electron chi connectivity index (χ3n) is 5.92. The number of rotatable bonds is 14. The molecule has 1 aromatic carbocycles. The predicted octanol–water partition coefficient (Wildman–Crippen LogP) is 6.23. The van der Waals surface area contributed by atoms with Crippen molar-refractivity contribution in [3.8, 4) is 5.75 Å². The van der Waals surface area contributed by atoms with E-state index >= 15 is 0 Å². The van der Waals surface area contributed by atoms with E-state index in [1.54, 1.807) is 0 Å². The van der Waals surface area contributed by atoms with Crippen molar-refractivity contribution < 1.29 is 14.3 Å². The highest BCUT2D eigenvalue weighted by Gasteiger charge is 2.22. The van der Waals surface area contributed by atoms with Crippen LogP contribution in [-0.4, -0.2) is 67.9 Å². The van der Waals surface area contributed by atoms with Crippen molar-refractivity contribution in [2.24, 2.45) is 0 Å². The minimum absolute atomic E-state index is 0. The second-order valence-corrected chi connectivity index (χ2v) is 8.40. The summed E-state index contributed by atoms with van der Waals surface area (Å²) < 4.78 is 11.8. The van der Waals surface area contributed by atoms with Gasteiger partial charge in [0.2, 0.25) is 0 Å². The van der Waals surface area contributed by atoms with Gasteiger partial charge in [-0.05, 0) is 57.6 Å². The van der Waals surface area contributed by atoms with Gasteiger partial charge >= 0.3 is 6.09 Å². The maximum Gasteiger partial charge on any atom is 0.412 e. The summed E-state index contributed by atoms with van der Waals surface area (Å²) in [6, 6.07) is 7.60. The normalized spacial score (nSPS) is 14.7. The van der Waals surface area contributed by atoms with E-state index in [4.69, 9.17) is 9.47 Å². The second kappa shape index (κ2) is 19.1. The lowest BCUT2D eigenvalue weighted by Crippen LogP contribution is -2.44. The lowest BCUT2D eigenvalue weighted by molar-refractivity contribution is 0.0503. The number of benzene rings is 1. The smallest absolute Gasteiger partial charge is 0.412 e. The summed E-state index contributed by atoms with van der Waals surface area (Å²) in [5.74, 6) is 0.701. The Morgan fingerprint density at radius 3 is 2.39 bits per heavy atom. The van der Waals surface area contributed by atoms with Crippen molar-refractivity contribution >= 4 is 36.6 Å². The number of likely N-dealkylation sites (N-methyl/N-ethyl adjacent to an activating group) is 1. The Kier molecular flexibility index (Phi) is 18.4. The molecule has 33 heavy (non-hydrogen) atoms. The molecule has 1 fully saturated rings. The van der Waals surface area contributed by atoms with Gasteiger partial charge in [0, 0.05) is 13.1 Å². The first kappa shape index (κ1) is 31.8. The topological polar surface area (TPSA) is 54.0 Å². The number of carbonyl (C=O) groups excluding carboxylic acids is 1. The molecule has 1 N–H and O–H groups in total. The van der Waals surface area contributed by atoms with E-state index in [1.165, 1.54) is 32.1 Å². The zero-order chi connectivity index (χ0) is 22.3. The number of para-hydroxylation sites is 2. The molecule has 8 heteroatoms. The average Bonchev–Trinajstić information content (AvgIpc) is 2.79. The molecule has 2 rings (SSSR count). The van der Waals surface area contributed by atoms with E-state index in [-0.39, 0.29) is 30.9 Å². The number of nitrogens with one attached hydrogen (secondary N) is 1. The molecule has 0 aliphatic carbocycles. The van der Waals surface area contributed by atoms with E-state index in [0.29, 0.717) is 18.0 Å². The molecule has 0 bridgehead atoms. The largest absolute Gasteiger partial charge is 0.491 e. The lowest BCUT2D eigenvalue weighted by atomic mass is 10.1. The van der Waals surface area contributed by atoms with Crippen LogP contribution in [0.25, 0.3) is 0 Å². The van der Waals surface area contributed by atoms with Crippen molar-refractivity contribution in [2.45, 2.75) is 71.8 Å². The third-order valence-corrected chi connectivity index (χ3v) is 5.92. The number of hydrogen-bond donors (Lipinski definition) is 1. The van der Waals surface area contributed by atoms with Gasteiger partial charge in [0.05, 0.1) is 12.3 Å². The Hall–Kier alpha value is -1.21. The molecule has 0 saturated carbocycles. The van der Waals surface area contributed by atoms with Crippen molar-refractivity contribution in [3.05, 3.63) is 24.3 Å². The van der Waals surface area contributed by atoms with Crippen LogP contribution >= 0.6 is 24.8 Å². The molecule has 1 atom stereocenters. The number of piperidine rings is 1. The first-order valence-electron chi connectivity index (χ1n) is 12.3. The molecule has 192 valence electrons. The van der Waals surface area contributed by atoms with Gasteiger partial charge in [-0.1, -0.05) is 58.6 Å². The Balaban J connectivity index is 0.00000512. The molecule has 0 spiro atoms. The van der Waals surface area contributed by atoms with E-state index in [9.17, 15) is 4.79 Å². The highest BCUT2D eigenvalue weighted by molar-refractivity contribution is 5.86. The first-order valence-corrected chi connectivity index (χ1v) is 12.3. The van der Waals surface area contributed by atoms with E-state index in [0.717, 1.165) is 52.1 Å². The van der Waals surface area contributed by atoms with Crippen LogP contribution in [-0.2, 0) is 4.74 Å². The molecule has 1 aliphatic rings. The number of anilines is 1. The van der Waals surface area contributed by atoms with Gasteiger partial charge in [-0.2, -0.15) is 0 Å². The zero-order valence-corrected chi connectivity index (χ0v) is 22.4. The van der Waals surface area contributed by atoms with Gasteiger partial charge in [-0.3, -0.25) is 10.2 Å². The van der Waals surface area contributed by atoms with Crippen LogP contribution in [0.2, 0.25) is 0 Å². The van der Waals surface area contributed by atoms with Gasteiger partial charge in [0.1, 0.15) is 11.9 Å². The van der Waals surface area contributed by atoms with E-state index in [1.807, 2.05) is 24.3 Å². The van der Waals surface area contributed by atoms with Crippen LogP contribution in [0, 0.1) is 0 Å². The van der Waals surface area contributed by atoms with E-state index in [2.05, 4.69) is 35.9 Å². The van der Waals surface area contributed by atoms with Crippen LogP contribution in [0.3, 0.4) is 0 Å². The van der Waals surface area contributed by atoms with Crippen LogP contribution in [0.4, 0.5) is 10.5 Å². The zero-order valence-electron chi connectivity index (χ0n) is 20.7. The molecular weight excluding hydrogens is 461 g/mol. The van der Waals surface area contributed by atoms with Crippen molar-refractivity contribution in [1.29, 1.82) is 0 Å². The van der Waals surface area contributed by atoms with Crippen molar-refractivity contribution in [1.82, 2.24) is 9.80 Å². The fraction of sp³-hybridized carbons (Fsp3) is 0.720. The lowest BCUT2D eigenvalue weighted by Gasteiger charge is -2.32. The summed E-state index contributed by atoms with van der Waals surface area (Å²) in [5, 5.41) is 2.92. The standard InChI is InChI=1S/C25H43N3O3.2ClH/c1-4-7-8-14-19-30-24-16-11-10-15-23(24)26-25(29)31-22(20-27(5-2)6-3)21-28-17-12-9-13-18-28;;/h10-11,15-16,22H,4-9,12-14,17-21H2,1-3H3,(H,26,29);2*1H. The highest BCUT2D eigenvalue weighted by Crippen LogP contribution is 2.24. The summed E-state index contributed by atoms with van der Waals surface area (Å²) >= 11 is 0. The number of nitrogens with zero attached hydrogens (tertiary/aromatic N) is 2. The Morgan fingerprint density at radius 1 is 1.03 bits per heavy atom. The van der Waals surface area contributed by atoms with Crippen molar-refractivity contribution in [2.75, 3.05) is 51.2 Å². The summed E-state index contributed by atoms with van der Waals surface area (Å²) in [4.78, 5) is 17.5. The minimum Gasteiger partial charge on any atom is -0.491 e. The monoisotopic (exact) mass is 505 g/mol. The molecule has 0 aromatic heterocycles. The fourth-order valence-electron chi connectivity index (χ4n) is 4.03. The fourth-order valence-corrected chi connectivity index (χ4v) is 4.03. The molecule has 6 nitrogen and oxygen atoms in total. The average molecular weight is 507 g/mol.